The molecule has 1 unspecified atom stereocenters. The zero-order valence-electron chi connectivity index (χ0n) is 16.1. The molecule has 1 aromatic heterocycles. The van der Waals surface area contributed by atoms with Gasteiger partial charge in [-0.1, -0.05) is 35.9 Å². The molecule has 28 heavy (non-hydrogen) atoms. The molecular weight excluding hydrogens is 394 g/mol. The van der Waals surface area contributed by atoms with Crippen molar-refractivity contribution in [2.45, 2.75) is 31.2 Å². The molecule has 0 aliphatic rings. The molecule has 1 heterocycles. The van der Waals surface area contributed by atoms with Crippen molar-refractivity contribution in [3.63, 3.8) is 0 Å². The Morgan fingerprint density at radius 3 is 2.54 bits per heavy atom. The summed E-state index contributed by atoms with van der Waals surface area (Å²) in [6.45, 7) is 5.31. The first-order valence-corrected chi connectivity index (χ1v) is 10.5. The van der Waals surface area contributed by atoms with Crippen LogP contribution in [0.1, 0.15) is 18.1 Å². The fourth-order valence-electron chi connectivity index (χ4n) is 2.91. The minimum atomic E-state index is -3.56. The van der Waals surface area contributed by atoms with Gasteiger partial charge < -0.3 is 5.32 Å². The monoisotopic (exact) mass is 419 g/mol. The van der Waals surface area contributed by atoms with E-state index < -0.39 is 10.0 Å². The fraction of sp³-hybridized carbons (Fsp3) is 0.286. The third-order valence-electron chi connectivity index (χ3n) is 4.44. The number of hydrogen-bond donors (Lipinski definition) is 2. The van der Waals surface area contributed by atoms with Crippen LogP contribution in [-0.4, -0.2) is 32.5 Å². The first kappa shape index (κ1) is 22.3. The summed E-state index contributed by atoms with van der Waals surface area (Å²) in [5.74, 6) is 0. The highest BCUT2D eigenvalue weighted by molar-refractivity contribution is 7.89. The first-order chi connectivity index (χ1) is 12.9. The summed E-state index contributed by atoms with van der Waals surface area (Å²) in [4.78, 5) is 4.32. The molecule has 0 radical (unpaired) electrons. The van der Waals surface area contributed by atoms with Crippen LogP contribution < -0.4 is 10.0 Å². The second-order valence-corrected chi connectivity index (χ2v) is 8.56. The van der Waals surface area contributed by atoms with Crippen LogP contribution in [-0.2, 0) is 16.4 Å². The van der Waals surface area contributed by atoms with Crippen molar-refractivity contribution in [1.82, 2.24) is 15.0 Å². The number of aryl methyl sites for hydroxylation is 1. The lowest BCUT2D eigenvalue weighted by molar-refractivity contribution is 0.537. The Labute approximate surface area is 173 Å². The van der Waals surface area contributed by atoms with Crippen LogP contribution in [0.2, 0.25) is 0 Å². The Morgan fingerprint density at radius 2 is 1.79 bits per heavy atom. The number of benzene rings is 2. The van der Waals surface area contributed by atoms with Gasteiger partial charge in [-0.2, -0.15) is 0 Å². The number of halogens is 1. The van der Waals surface area contributed by atoms with Gasteiger partial charge in [0, 0.05) is 30.4 Å². The van der Waals surface area contributed by atoms with Crippen molar-refractivity contribution in [3.8, 4) is 0 Å². The number of aromatic nitrogens is 1. The summed E-state index contributed by atoms with van der Waals surface area (Å²) in [5.41, 5.74) is 2.52. The zero-order chi connectivity index (χ0) is 19.3. The van der Waals surface area contributed by atoms with Crippen LogP contribution in [0.15, 0.2) is 65.8 Å². The van der Waals surface area contributed by atoms with Crippen LogP contribution in [0, 0.1) is 6.92 Å². The lowest BCUT2D eigenvalue weighted by Crippen LogP contribution is -2.40. The van der Waals surface area contributed by atoms with E-state index in [2.05, 4.69) is 46.2 Å². The van der Waals surface area contributed by atoms with Crippen LogP contribution in [0.5, 0.6) is 0 Å². The standard InChI is InChI=1S/C21H25N3O2S.ClH/c1-16-3-5-18(6-4-16)9-11-22-14-17(2)24-27(25,26)21-8-7-20-15-23-12-10-19(20)13-21;/h3-8,10,12-13,15,17,22,24H,9,11,14H2,1-2H3;1H. The van der Waals surface area contributed by atoms with Gasteiger partial charge in [-0.3, -0.25) is 4.98 Å². The Morgan fingerprint density at radius 1 is 1.04 bits per heavy atom. The van der Waals surface area contributed by atoms with Gasteiger partial charge in [-0.25, -0.2) is 13.1 Å². The number of nitrogens with zero attached hydrogens (tertiary/aromatic N) is 1. The van der Waals surface area contributed by atoms with Crippen molar-refractivity contribution in [3.05, 3.63) is 72.1 Å². The molecule has 0 aliphatic carbocycles. The predicted molar refractivity (Wildman–Crippen MR) is 117 cm³/mol. The molecule has 0 fully saturated rings. The maximum atomic E-state index is 12.6. The highest BCUT2D eigenvalue weighted by Crippen LogP contribution is 2.18. The molecule has 0 spiro atoms. The van der Waals surface area contributed by atoms with Gasteiger partial charge in [0.25, 0.3) is 0 Å². The van der Waals surface area contributed by atoms with Crippen molar-refractivity contribution in [2.75, 3.05) is 13.1 Å². The summed E-state index contributed by atoms with van der Waals surface area (Å²) in [6.07, 6.45) is 4.30. The molecule has 0 amide bonds. The van der Waals surface area contributed by atoms with E-state index >= 15 is 0 Å². The second kappa shape index (κ2) is 9.98. The molecule has 2 N–H and O–H groups in total. The van der Waals surface area contributed by atoms with Crippen molar-refractivity contribution >= 4 is 33.2 Å². The second-order valence-electron chi connectivity index (χ2n) is 6.85. The van der Waals surface area contributed by atoms with Crippen molar-refractivity contribution < 1.29 is 8.42 Å². The smallest absolute Gasteiger partial charge is 0.240 e. The van der Waals surface area contributed by atoms with Crippen molar-refractivity contribution in [2.24, 2.45) is 0 Å². The predicted octanol–water partition coefficient (Wildman–Crippen LogP) is 3.46. The third kappa shape index (κ3) is 6.01. The first-order valence-electron chi connectivity index (χ1n) is 9.06. The van der Waals surface area contributed by atoms with Gasteiger partial charge in [0.2, 0.25) is 10.0 Å². The molecule has 1 atom stereocenters. The average Bonchev–Trinajstić information content (AvgIpc) is 2.66. The number of hydrogen-bond acceptors (Lipinski definition) is 4. The van der Waals surface area contributed by atoms with Gasteiger partial charge in [-0.15, -0.1) is 12.4 Å². The average molecular weight is 420 g/mol. The fourth-order valence-corrected chi connectivity index (χ4v) is 4.19. The molecule has 0 aliphatic heterocycles. The SMILES string of the molecule is Cc1ccc(CCNCC(C)NS(=O)(=O)c2ccc3cnccc3c2)cc1.Cl. The third-order valence-corrected chi connectivity index (χ3v) is 6.03. The van der Waals surface area contributed by atoms with Gasteiger partial charge in [0.05, 0.1) is 4.90 Å². The maximum absolute atomic E-state index is 12.6. The van der Waals surface area contributed by atoms with E-state index in [9.17, 15) is 8.42 Å². The van der Waals surface area contributed by atoms with E-state index in [-0.39, 0.29) is 23.3 Å². The van der Waals surface area contributed by atoms with E-state index in [4.69, 9.17) is 0 Å². The highest BCUT2D eigenvalue weighted by atomic mass is 35.5. The zero-order valence-corrected chi connectivity index (χ0v) is 17.7. The Kier molecular flexibility index (Phi) is 7.95. The molecule has 0 bridgehead atoms. The molecule has 3 rings (SSSR count). The molecule has 2 aromatic carbocycles. The van der Waals surface area contributed by atoms with E-state index in [1.165, 1.54) is 11.1 Å². The summed E-state index contributed by atoms with van der Waals surface area (Å²) in [7, 11) is -3.56. The number of fused-ring (bicyclic) bond motifs is 1. The van der Waals surface area contributed by atoms with Gasteiger partial charge in [-0.05, 0) is 56.0 Å². The molecule has 150 valence electrons. The molecule has 5 nitrogen and oxygen atoms in total. The molecule has 0 saturated carbocycles. The normalized spacial score (nSPS) is 12.5. The minimum absolute atomic E-state index is 0. The van der Waals surface area contributed by atoms with Crippen LogP contribution >= 0.6 is 12.4 Å². The summed E-state index contributed by atoms with van der Waals surface area (Å²) < 4.78 is 28.0. The number of pyridine rings is 1. The van der Waals surface area contributed by atoms with Crippen LogP contribution in [0.4, 0.5) is 0 Å². The van der Waals surface area contributed by atoms with E-state index in [0.717, 1.165) is 23.7 Å². The summed E-state index contributed by atoms with van der Waals surface area (Å²) >= 11 is 0. The van der Waals surface area contributed by atoms with Crippen LogP contribution in [0.25, 0.3) is 10.8 Å². The van der Waals surface area contributed by atoms with Gasteiger partial charge in [0.1, 0.15) is 0 Å². The summed E-state index contributed by atoms with van der Waals surface area (Å²) in [5, 5.41) is 5.09. The largest absolute Gasteiger partial charge is 0.315 e. The van der Waals surface area contributed by atoms with Crippen LogP contribution in [0.3, 0.4) is 0 Å². The topological polar surface area (TPSA) is 71.1 Å². The van der Waals surface area contributed by atoms with E-state index in [1.54, 1.807) is 30.6 Å². The minimum Gasteiger partial charge on any atom is -0.315 e. The molecular formula is C21H26ClN3O2S. The Hall–Kier alpha value is -1.99. The van der Waals surface area contributed by atoms with Crippen molar-refractivity contribution in [1.29, 1.82) is 0 Å². The van der Waals surface area contributed by atoms with E-state index in [1.807, 2.05) is 13.0 Å². The number of rotatable bonds is 8. The molecule has 3 aromatic rings. The Bertz CT molecular complexity index is 1010. The van der Waals surface area contributed by atoms with E-state index in [0.29, 0.717) is 6.54 Å². The quantitative estimate of drug-likeness (QED) is 0.548. The number of nitrogens with one attached hydrogen (secondary N) is 2. The lowest BCUT2D eigenvalue weighted by atomic mass is 10.1. The molecule has 7 heteroatoms. The van der Waals surface area contributed by atoms with Gasteiger partial charge >= 0.3 is 0 Å². The van der Waals surface area contributed by atoms with Gasteiger partial charge in [0.15, 0.2) is 0 Å². The maximum Gasteiger partial charge on any atom is 0.240 e. The molecule has 0 saturated heterocycles. The lowest BCUT2D eigenvalue weighted by Gasteiger charge is -2.15. The summed E-state index contributed by atoms with van der Waals surface area (Å²) in [6, 6.07) is 15.1. The highest BCUT2D eigenvalue weighted by Gasteiger charge is 2.17. The number of sulfonamides is 1. The Balaban J connectivity index is 0.00000280.